The summed E-state index contributed by atoms with van der Waals surface area (Å²) in [6.45, 7) is 3.85. The fourth-order valence-electron chi connectivity index (χ4n) is 1.52. The Balaban J connectivity index is 2.71. The summed E-state index contributed by atoms with van der Waals surface area (Å²) in [4.78, 5) is 0. The summed E-state index contributed by atoms with van der Waals surface area (Å²) in [6, 6.07) is 4.64. The number of rotatable bonds is 5. The average Bonchev–Trinajstić information content (AvgIpc) is 2.30. The van der Waals surface area contributed by atoms with E-state index in [0.717, 1.165) is 0 Å². The molecule has 1 N–H and O–H groups in total. The van der Waals surface area contributed by atoms with Gasteiger partial charge in [-0.3, -0.25) is 0 Å². The molecule has 0 saturated carbocycles. The Labute approximate surface area is 106 Å². The highest BCUT2D eigenvalue weighted by atomic mass is 35.5. The van der Waals surface area contributed by atoms with Crippen molar-refractivity contribution in [2.75, 3.05) is 7.11 Å². The highest BCUT2D eigenvalue weighted by Gasteiger charge is 2.21. The normalized spacial score (nSPS) is 13.8. The summed E-state index contributed by atoms with van der Waals surface area (Å²) in [6.07, 6.45) is 0.206. The number of methoxy groups -OCH3 is 1. The van der Waals surface area contributed by atoms with Gasteiger partial charge < -0.3 is 9.84 Å². The van der Waals surface area contributed by atoms with Crippen molar-refractivity contribution >= 4 is 11.6 Å². The van der Waals surface area contributed by atoms with Crippen LogP contribution in [0.2, 0.25) is 5.02 Å². The van der Waals surface area contributed by atoms with Crippen LogP contribution in [0.25, 0.3) is 0 Å². The van der Waals surface area contributed by atoms with Gasteiger partial charge in [-0.05, 0) is 32.8 Å². The smallest absolute Gasteiger partial charge is 0.147 e. The van der Waals surface area contributed by atoms with Crippen molar-refractivity contribution < 1.29 is 14.2 Å². The molecule has 0 bridgehead atoms. The largest absolute Gasteiger partial charge is 0.388 e. The molecular formula is C13H18ClFO2. The highest BCUT2D eigenvalue weighted by Crippen LogP contribution is 2.28. The van der Waals surface area contributed by atoms with E-state index in [4.69, 9.17) is 16.3 Å². The molecule has 1 atom stereocenters. The first-order valence-corrected chi connectivity index (χ1v) is 5.92. The van der Waals surface area contributed by atoms with Crippen molar-refractivity contribution in [3.63, 3.8) is 0 Å². The zero-order valence-electron chi connectivity index (χ0n) is 10.3. The maximum absolute atomic E-state index is 13.6. The van der Waals surface area contributed by atoms with E-state index < -0.39 is 11.9 Å². The summed E-state index contributed by atoms with van der Waals surface area (Å²) < 4.78 is 18.9. The zero-order valence-corrected chi connectivity index (χ0v) is 11.1. The molecule has 96 valence electrons. The molecule has 0 fully saturated rings. The quantitative estimate of drug-likeness (QED) is 0.874. The summed E-state index contributed by atoms with van der Waals surface area (Å²) in [5, 5.41) is 9.97. The fourth-order valence-corrected chi connectivity index (χ4v) is 1.70. The molecule has 0 radical (unpaired) electrons. The second-order valence-electron chi connectivity index (χ2n) is 4.66. The number of halogens is 2. The Morgan fingerprint density at radius 2 is 2.12 bits per heavy atom. The second-order valence-corrected chi connectivity index (χ2v) is 5.07. The van der Waals surface area contributed by atoms with Gasteiger partial charge in [-0.1, -0.05) is 23.7 Å². The zero-order chi connectivity index (χ0) is 13.1. The molecule has 0 saturated heterocycles. The second kappa shape index (κ2) is 5.80. The molecule has 1 unspecified atom stereocenters. The van der Waals surface area contributed by atoms with E-state index in [1.165, 1.54) is 6.07 Å². The van der Waals surface area contributed by atoms with Crippen LogP contribution < -0.4 is 0 Å². The molecule has 2 nitrogen and oxygen atoms in total. The van der Waals surface area contributed by atoms with Crippen molar-refractivity contribution in [1.29, 1.82) is 0 Å². The minimum atomic E-state index is -0.858. The minimum absolute atomic E-state index is 0.0348. The predicted octanol–water partition coefficient (Wildman–Crippen LogP) is 3.72. The van der Waals surface area contributed by atoms with E-state index in [-0.39, 0.29) is 16.2 Å². The third-order valence-electron chi connectivity index (χ3n) is 2.91. The van der Waals surface area contributed by atoms with E-state index >= 15 is 0 Å². The number of benzene rings is 1. The van der Waals surface area contributed by atoms with Crippen LogP contribution in [-0.4, -0.2) is 17.8 Å². The van der Waals surface area contributed by atoms with Gasteiger partial charge in [0.05, 0.1) is 16.7 Å². The van der Waals surface area contributed by atoms with E-state index in [9.17, 15) is 9.50 Å². The number of hydrogen-bond donors (Lipinski definition) is 1. The van der Waals surface area contributed by atoms with E-state index in [1.54, 1.807) is 19.2 Å². The van der Waals surface area contributed by atoms with Crippen LogP contribution in [0.4, 0.5) is 4.39 Å². The van der Waals surface area contributed by atoms with Crippen molar-refractivity contribution in [2.24, 2.45) is 0 Å². The molecule has 17 heavy (non-hydrogen) atoms. The van der Waals surface area contributed by atoms with Crippen molar-refractivity contribution in [3.05, 3.63) is 34.6 Å². The third-order valence-corrected chi connectivity index (χ3v) is 3.20. The Kier molecular flexibility index (Phi) is 4.92. The summed E-state index contributed by atoms with van der Waals surface area (Å²) in [7, 11) is 1.62. The molecule has 0 aliphatic heterocycles. The van der Waals surface area contributed by atoms with Crippen LogP contribution in [0.5, 0.6) is 0 Å². The van der Waals surface area contributed by atoms with Crippen LogP contribution in [0.1, 0.15) is 38.4 Å². The summed E-state index contributed by atoms with van der Waals surface area (Å²) in [5.41, 5.74) is -0.0832. The molecule has 0 heterocycles. The molecule has 0 spiro atoms. The third kappa shape index (κ3) is 3.95. The van der Waals surface area contributed by atoms with Crippen LogP contribution in [0.3, 0.4) is 0 Å². The van der Waals surface area contributed by atoms with Crippen LogP contribution in [0, 0.1) is 5.82 Å². The Morgan fingerprint density at radius 3 is 2.71 bits per heavy atom. The molecule has 0 amide bonds. The average molecular weight is 261 g/mol. The molecule has 1 aromatic rings. The lowest BCUT2D eigenvalue weighted by atomic mass is 9.96. The van der Waals surface area contributed by atoms with Gasteiger partial charge in [0.25, 0.3) is 0 Å². The Morgan fingerprint density at radius 1 is 1.47 bits per heavy atom. The molecule has 0 aliphatic rings. The topological polar surface area (TPSA) is 29.5 Å². The van der Waals surface area contributed by atoms with Gasteiger partial charge >= 0.3 is 0 Å². The first kappa shape index (κ1) is 14.4. The molecular weight excluding hydrogens is 243 g/mol. The van der Waals surface area contributed by atoms with Gasteiger partial charge in [0.2, 0.25) is 0 Å². The lowest BCUT2D eigenvalue weighted by Crippen LogP contribution is -2.23. The van der Waals surface area contributed by atoms with Crippen LogP contribution in [0.15, 0.2) is 18.2 Å². The van der Waals surface area contributed by atoms with Crippen LogP contribution >= 0.6 is 11.6 Å². The van der Waals surface area contributed by atoms with Crippen molar-refractivity contribution in [2.45, 2.75) is 38.4 Å². The number of hydrogen-bond acceptors (Lipinski definition) is 2. The Bertz CT molecular complexity index is 380. The fraction of sp³-hybridized carbons (Fsp3) is 0.538. The molecule has 1 aromatic carbocycles. The monoisotopic (exact) mass is 260 g/mol. The number of aliphatic hydroxyl groups excluding tert-OH is 1. The van der Waals surface area contributed by atoms with Gasteiger partial charge in [-0.15, -0.1) is 0 Å². The number of aliphatic hydroxyl groups is 1. The van der Waals surface area contributed by atoms with Gasteiger partial charge in [-0.25, -0.2) is 4.39 Å². The summed E-state index contributed by atoms with van der Waals surface area (Å²) in [5.74, 6) is -0.545. The van der Waals surface area contributed by atoms with E-state index in [1.807, 2.05) is 13.8 Å². The van der Waals surface area contributed by atoms with Crippen LogP contribution in [-0.2, 0) is 4.74 Å². The van der Waals surface area contributed by atoms with Crippen molar-refractivity contribution in [3.8, 4) is 0 Å². The lowest BCUT2D eigenvalue weighted by molar-refractivity contribution is 0.00248. The molecule has 4 heteroatoms. The Hall–Kier alpha value is -0.640. The highest BCUT2D eigenvalue weighted by molar-refractivity contribution is 6.30. The van der Waals surface area contributed by atoms with Gasteiger partial charge in [0.15, 0.2) is 0 Å². The first-order chi connectivity index (χ1) is 7.87. The van der Waals surface area contributed by atoms with E-state index in [0.29, 0.717) is 12.8 Å². The maximum Gasteiger partial charge on any atom is 0.147 e. The van der Waals surface area contributed by atoms with E-state index in [2.05, 4.69) is 0 Å². The SMILES string of the molecule is COC(C)(C)CCC(O)c1cccc(Cl)c1F. The maximum atomic E-state index is 13.6. The first-order valence-electron chi connectivity index (χ1n) is 5.54. The van der Waals surface area contributed by atoms with Gasteiger partial charge in [-0.2, -0.15) is 0 Å². The summed E-state index contributed by atoms with van der Waals surface area (Å²) >= 11 is 5.66. The standard InChI is InChI=1S/C13H18ClFO2/c1-13(2,17-3)8-7-11(16)9-5-4-6-10(14)12(9)15/h4-6,11,16H,7-8H2,1-3H3. The molecule has 0 aromatic heterocycles. The lowest BCUT2D eigenvalue weighted by Gasteiger charge is -2.24. The van der Waals surface area contributed by atoms with Crippen molar-refractivity contribution in [1.82, 2.24) is 0 Å². The molecule has 0 aliphatic carbocycles. The van der Waals surface area contributed by atoms with Gasteiger partial charge in [0, 0.05) is 12.7 Å². The minimum Gasteiger partial charge on any atom is -0.388 e. The predicted molar refractivity (Wildman–Crippen MR) is 66.7 cm³/mol. The molecule has 1 rings (SSSR count). The number of ether oxygens (including phenoxy) is 1. The van der Waals surface area contributed by atoms with Gasteiger partial charge in [0.1, 0.15) is 5.82 Å².